The van der Waals surface area contributed by atoms with Crippen LogP contribution in [0.5, 0.6) is 0 Å². The van der Waals surface area contributed by atoms with E-state index in [0.29, 0.717) is 13.1 Å². The first kappa shape index (κ1) is 18.2. The van der Waals surface area contributed by atoms with Gasteiger partial charge in [-0.25, -0.2) is 9.59 Å². The molecule has 2 amide bonds. The minimum absolute atomic E-state index is 0.259. The average molecular weight is 292 g/mol. The number of carbonyl (C=O) groups is 4. The molecule has 0 unspecified atom stereocenters. The van der Waals surface area contributed by atoms with E-state index in [9.17, 15) is 19.2 Å². The topological polar surface area (TPSA) is 107 Å². The Labute approximate surface area is 122 Å². The molecule has 0 atom stereocenters. The van der Waals surface area contributed by atoms with Gasteiger partial charge in [-0.3, -0.25) is 14.5 Å². The minimum Gasteiger partial charge on any atom is -0.387 e. The average Bonchev–Trinajstić information content (AvgIpc) is 2.99. The van der Waals surface area contributed by atoms with E-state index >= 15 is 0 Å². The van der Waals surface area contributed by atoms with E-state index in [-0.39, 0.29) is 11.8 Å². The van der Waals surface area contributed by atoms with Crippen molar-refractivity contribution in [2.24, 2.45) is 5.73 Å². The van der Waals surface area contributed by atoms with Gasteiger partial charge in [-0.05, 0) is 0 Å². The third kappa shape index (κ3) is 7.38. The lowest BCUT2D eigenvalue weighted by Gasteiger charge is -2.08. The molecule has 0 radical (unpaired) electrons. The van der Waals surface area contributed by atoms with Crippen LogP contribution in [0.25, 0.3) is 0 Å². The molecule has 2 aliphatic heterocycles. The summed E-state index contributed by atoms with van der Waals surface area (Å²) in [5.41, 5.74) is 4.91. The van der Waals surface area contributed by atoms with Crippen LogP contribution < -0.4 is 5.73 Å². The zero-order chi connectivity index (χ0) is 16.3. The number of rotatable bonds is 3. The van der Waals surface area contributed by atoms with Gasteiger partial charge in [0.25, 0.3) is 11.8 Å². The van der Waals surface area contributed by atoms with Crippen LogP contribution in [0.15, 0.2) is 49.6 Å². The van der Waals surface area contributed by atoms with E-state index in [1.807, 2.05) is 0 Å². The third-order valence-corrected chi connectivity index (χ3v) is 1.94. The highest BCUT2D eigenvalue weighted by Gasteiger charge is 2.20. The van der Waals surface area contributed by atoms with Crippen LogP contribution in [0.4, 0.5) is 0 Å². The van der Waals surface area contributed by atoms with E-state index in [1.165, 1.54) is 18.2 Å². The van der Waals surface area contributed by atoms with Crippen molar-refractivity contribution in [1.29, 1.82) is 0 Å². The molecule has 2 rings (SSSR count). The molecular weight excluding hydrogens is 276 g/mol. The summed E-state index contributed by atoms with van der Waals surface area (Å²) < 4.78 is 3.97. The Balaban J connectivity index is 0.000000317. The van der Waals surface area contributed by atoms with Crippen molar-refractivity contribution < 1.29 is 23.9 Å². The summed E-state index contributed by atoms with van der Waals surface area (Å²) in [5.74, 6) is -1.68. The van der Waals surface area contributed by atoms with Gasteiger partial charge < -0.3 is 10.5 Å². The predicted molar refractivity (Wildman–Crippen MR) is 75.5 cm³/mol. The first-order valence-corrected chi connectivity index (χ1v) is 5.85. The fourth-order valence-corrected chi connectivity index (χ4v) is 1.04. The van der Waals surface area contributed by atoms with Crippen LogP contribution in [0.3, 0.4) is 0 Å². The van der Waals surface area contributed by atoms with Gasteiger partial charge in [-0.2, -0.15) is 0 Å². The number of nitrogens with zero attached hydrogens (tertiary/aromatic N) is 1. The molecule has 0 aromatic rings. The van der Waals surface area contributed by atoms with Crippen molar-refractivity contribution in [3.63, 3.8) is 0 Å². The Hall–Kier alpha value is -2.80. The Morgan fingerprint density at radius 3 is 1.62 bits per heavy atom. The van der Waals surface area contributed by atoms with Crippen LogP contribution in [0.2, 0.25) is 0 Å². The number of ether oxygens (including phenoxy) is 1. The number of carbonyl (C=O) groups excluding carboxylic acids is 4. The molecule has 0 saturated carbocycles. The highest BCUT2D eigenvalue weighted by molar-refractivity contribution is 6.12. The zero-order valence-corrected chi connectivity index (χ0v) is 11.4. The number of nitrogens with two attached hydrogens (primary N) is 1. The number of imide groups is 1. The van der Waals surface area contributed by atoms with Crippen molar-refractivity contribution in [1.82, 2.24) is 4.90 Å². The lowest BCUT2D eigenvalue weighted by molar-refractivity contribution is -0.150. The van der Waals surface area contributed by atoms with Crippen LogP contribution in [0, 0.1) is 0 Å². The Kier molecular flexibility index (Phi) is 8.70. The van der Waals surface area contributed by atoms with Gasteiger partial charge in [0.15, 0.2) is 0 Å². The van der Waals surface area contributed by atoms with E-state index in [1.54, 1.807) is 6.08 Å². The lowest BCUT2D eigenvalue weighted by Crippen LogP contribution is -2.29. The van der Waals surface area contributed by atoms with Crippen molar-refractivity contribution in [3.8, 4) is 0 Å². The van der Waals surface area contributed by atoms with Crippen molar-refractivity contribution >= 4 is 23.8 Å². The second-order valence-corrected chi connectivity index (χ2v) is 3.51. The quantitative estimate of drug-likeness (QED) is 0.335. The maximum absolute atomic E-state index is 10.7. The standard InChI is InChI=1S/C7H7NO2.C4H2O3.C3H7N/c1-2-5-8-6(9)3-4-7(8)10;5-3-1-2-4(6)7-3;1-2-3-4/h2-4H,1,5H2;1-2H;2H,1,3-4H2. The van der Waals surface area contributed by atoms with Gasteiger partial charge >= 0.3 is 11.9 Å². The number of cyclic esters (lactones) is 2. The predicted octanol–water partition coefficient (Wildman–Crippen LogP) is -0.145. The molecular formula is C14H16N2O5. The zero-order valence-electron chi connectivity index (χ0n) is 11.4. The molecule has 112 valence electrons. The molecule has 21 heavy (non-hydrogen) atoms. The molecule has 0 saturated heterocycles. The van der Waals surface area contributed by atoms with Gasteiger partial charge in [0, 0.05) is 37.4 Å². The number of esters is 2. The highest BCUT2D eigenvalue weighted by atomic mass is 16.6. The Bertz CT molecular complexity index is 471. The maximum atomic E-state index is 10.7. The van der Waals surface area contributed by atoms with E-state index in [0.717, 1.165) is 17.1 Å². The summed E-state index contributed by atoms with van der Waals surface area (Å²) in [5, 5.41) is 0. The fraction of sp³-hybridized carbons (Fsp3) is 0.143. The van der Waals surface area contributed by atoms with Gasteiger partial charge in [-0.15, -0.1) is 13.2 Å². The Morgan fingerprint density at radius 1 is 0.952 bits per heavy atom. The molecule has 0 spiro atoms. The van der Waals surface area contributed by atoms with Crippen molar-refractivity contribution in [2.75, 3.05) is 13.1 Å². The fourth-order valence-electron chi connectivity index (χ4n) is 1.04. The first-order valence-electron chi connectivity index (χ1n) is 5.85. The SMILES string of the molecule is C=CCN.C=CCN1C(=O)C=CC1=O.O=C1C=CC(=O)O1. The molecule has 2 aliphatic rings. The lowest BCUT2D eigenvalue weighted by atomic mass is 10.5. The van der Waals surface area contributed by atoms with Crippen molar-refractivity contribution in [2.45, 2.75) is 0 Å². The summed E-state index contributed by atoms with van der Waals surface area (Å²) in [6.07, 6.45) is 7.85. The molecule has 0 aromatic heterocycles. The molecule has 0 fully saturated rings. The second-order valence-electron chi connectivity index (χ2n) is 3.51. The van der Waals surface area contributed by atoms with Gasteiger partial charge in [-0.1, -0.05) is 12.2 Å². The number of amides is 2. The normalized spacial score (nSPS) is 15.0. The smallest absolute Gasteiger partial charge is 0.338 e. The van der Waals surface area contributed by atoms with Crippen LogP contribution in [0.1, 0.15) is 0 Å². The van der Waals surface area contributed by atoms with E-state index in [4.69, 9.17) is 5.73 Å². The van der Waals surface area contributed by atoms with Crippen LogP contribution >= 0.6 is 0 Å². The largest absolute Gasteiger partial charge is 0.387 e. The van der Waals surface area contributed by atoms with E-state index in [2.05, 4.69) is 17.9 Å². The second kappa shape index (κ2) is 10.0. The van der Waals surface area contributed by atoms with Gasteiger partial charge in [0.1, 0.15) is 0 Å². The number of hydrogen-bond acceptors (Lipinski definition) is 6. The third-order valence-electron chi connectivity index (χ3n) is 1.94. The molecule has 0 aromatic carbocycles. The van der Waals surface area contributed by atoms with Gasteiger partial charge in [0.05, 0.1) is 0 Å². The van der Waals surface area contributed by atoms with Crippen LogP contribution in [-0.2, 0) is 23.9 Å². The first-order chi connectivity index (χ1) is 9.96. The molecule has 0 bridgehead atoms. The van der Waals surface area contributed by atoms with Crippen LogP contribution in [-0.4, -0.2) is 41.7 Å². The monoisotopic (exact) mass is 292 g/mol. The summed E-state index contributed by atoms with van der Waals surface area (Å²) >= 11 is 0. The van der Waals surface area contributed by atoms with Gasteiger partial charge in [0.2, 0.25) is 0 Å². The molecule has 2 heterocycles. The molecule has 7 nitrogen and oxygen atoms in total. The molecule has 7 heteroatoms. The minimum atomic E-state index is -0.579. The maximum Gasteiger partial charge on any atom is 0.338 e. The summed E-state index contributed by atoms with van der Waals surface area (Å²) in [6, 6.07) is 0. The summed E-state index contributed by atoms with van der Waals surface area (Å²) in [7, 11) is 0. The van der Waals surface area contributed by atoms with E-state index < -0.39 is 11.9 Å². The summed E-state index contributed by atoms with van der Waals surface area (Å²) in [4.78, 5) is 42.5. The van der Waals surface area contributed by atoms with Crippen molar-refractivity contribution in [3.05, 3.63) is 49.6 Å². The highest BCUT2D eigenvalue weighted by Crippen LogP contribution is 2.01. The number of hydrogen-bond donors (Lipinski definition) is 1. The Morgan fingerprint density at radius 2 is 1.38 bits per heavy atom. The molecule has 0 aliphatic carbocycles. The summed E-state index contributed by atoms with van der Waals surface area (Å²) in [6.45, 7) is 7.65. The molecule has 2 N–H and O–H groups in total.